The van der Waals surface area contributed by atoms with Crippen molar-refractivity contribution in [1.29, 1.82) is 0 Å². The molecule has 2 N–H and O–H groups in total. The third kappa shape index (κ3) is 3.30. The van der Waals surface area contributed by atoms with Gasteiger partial charge in [-0.2, -0.15) is 5.10 Å². The molecule has 0 radical (unpaired) electrons. The molecule has 0 fully saturated rings. The van der Waals surface area contributed by atoms with Gasteiger partial charge in [0, 0.05) is 17.9 Å². The van der Waals surface area contributed by atoms with E-state index in [-0.39, 0.29) is 23.7 Å². The summed E-state index contributed by atoms with van der Waals surface area (Å²) < 4.78 is 15.1. The molecule has 0 aliphatic carbocycles. The van der Waals surface area contributed by atoms with Crippen LogP contribution in [0.3, 0.4) is 0 Å². The number of halogens is 1. The van der Waals surface area contributed by atoms with E-state index in [1.54, 1.807) is 10.7 Å². The number of nitrogens with zero attached hydrogens (tertiary/aromatic N) is 3. The first-order valence-corrected chi connectivity index (χ1v) is 8.98. The Labute approximate surface area is 157 Å². The van der Waals surface area contributed by atoms with Crippen molar-refractivity contribution in [2.24, 2.45) is 5.73 Å². The fourth-order valence-electron chi connectivity index (χ4n) is 3.77. The van der Waals surface area contributed by atoms with Crippen LogP contribution in [-0.2, 0) is 11.3 Å². The minimum absolute atomic E-state index is 0.150. The zero-order valence-corrected chi connectivity index (χ0v) is 15.0. The monoisotopic (exact) mass is 364 g/mol. The first-order chi connectivity index (χ1) is 13.0. The van der Waals surface area contributed by atoms with Crippen molar-refractivity contribution in [2.75, 3.05) is 4.90 Å². The second-order valence-electron chi connectivity index (χ2n) is 6.96. The van der Waals surface area contributed by atoms with Gasteiger partial charge in [0.15, 0.2) is 0 Å². The van der Waals surface area contributed by atoms with Crippen LogP contribution in [0.2, 0.25) is 0 Å². The molecule has 2 atom stereocenters. The van der Waals surface area contributed by atoms with Crippen molar-refractivity contribution in [3.63, 3.8) is 0 Å². The van der Waals surface area contributed by atoms with Crippen molar-refractivity contribution in [2.45, 2.75) is 31.8 Å². The van der Waals surface area contributed by atoms with Crippen LogP contribution in [0.15, 0.2) is 60.8 Å². The van der Waals surface area contributed by atoms with Gasteiger partial charge < -0.3 is 10.6 Å². The molecule has 138 valence electrons. The Morgan fingerprint density at radius 1 is 1.22 bits per heavy atom. The molecule has 0 unspecified atom stereocenters. The van der Waals surface area contributed by atoms with Gasteiger partial charge in [-0.1, -0.05) is 24.3 Å². The molecule has 0 saturated carbocycles. The van der Waals surface area contributed by atoms with E-state index in [9.17, 15) is 9.18 Å². The Hall–Kier alpha value is -3.15. The van der Waals surface area contributed by atoms with Gasteiger partial charge in [-0.3, -0.25) is 4.79 Å². The van der Waals surface area contributed by atoms with E-state index in [4.69, 9.17) is 5.73 Å². The molecule has 3 aromatic rings. The lowest BCUT2D eigenvalue weighted by atomic mass is 9.85. The van der Waals surface area contributed by atoms with Crippen LogP contribution in [0.5, 0.6) is 0 Å². The van der Waals surface area contributed by atoms with Crippen molar-refractivity contribution >= 4 is 11.6 Å². The molecule has 1 aromatic heterocycles. The van der Waals surface area contributed by atoms with Gasteiger partial charge in [-0.15, -0.1) is 0 Å². The van der Waals surface area contributed by atoms with Crippen LogP contribution >= 0.6 is 0 Å². The SMILES string of the molecule is C[C@H]1C[C@H](C(N)=O)c2ccccc2N1Cc1ccn(-c2cccc(F)c2)n1. The summed E-state index contributed by atoms with van der Waals surface area (Å²) in [6.07, 6.45) is 2.51. The number of rotatable bonds is 4. The molecule has 0 bridgehead atoms. The van der Waals surface area contributed by atoms with Crippen LogP contribution < -0.4 is 10.6 Å². The first kappa shape index (κ1) is 17.3. The number of hydrogen-bond donors (Lipinski definition) is 1. The van der Waals surface area contributed by atoms with Crippen molar-refractivity contribution in [3.05, 3.63) is 77.9 Å². The maximum Gasteiger partial charge on any atom is 0.225 e. The van der Waals surface area contributed by atoms with E-state index >= 15 is 0 Å². The van der Waals surface area contributed by atoms with Gasteiger partial charge >= 0.3 is 0 Å². The quantitative estimate of drug-likeness (QED) is 0.772. The van der Waals surface area contributed by atoms with Crippen LogP contribution in [0, 0.1) is 5.82 Å². The van der Waals surface area contributed by atoms with E-state index in [0.717, 1.165) is 16.9 Å². The minimum atomic E-state index is -0.291. The van der Waals surface area contributed by atoms with Crippen LogP contribution in [0.25, 0.3) is 5.69 Å². The first-order valence-electron chi connectivity index (χ1n) is 8.98. The maximum absolute atomic E-state index is 13.5. The number of hydrogen-bond acceptors (Lipinski definition) is 3. The van der Waals surface area contributed by atoms with Gasteiger partial charge in [-0.25, -0.2) is 9.07 Å². The molecular formula is C21H21FN4O. The number of anilines is 1. The van der Waals surface area contributed by atoms with Gasteiger partial charge in [0.2, 0.25) is 5.91 Å². The molecule has 2 heterocycles. The molecule has 1 aliphatic heterocycles. The summed E-state index contributed by atoms with van der Waals surface area (Å²) in [5, 5.41) is 4.59. The van der Waals surface area contributed by atoms with E-state index in [0.29, 0.717) is 18.7 Å². The zero-order valence-electron chi connectivity index (χ0n) is 15.0. The predicted octanol–water partition coefficient (Wildman–Crippen LogP) is 3.38. The third-order valence-electron chi connectivity index (χ3n) is 5.12. The summed E-state index contributed by atoms with van der Waals surface area (Å²) in [6, 6.07) is 16.3. The highest BCUT2D eigenvalue weighted by Crippen LogP contribution is 2.38. The summed E-state index contributed by atoms with van der Waals surface area (Å²) in [6.45, 7) is 2.70. The molecule has 1 amide bonds. The molecule has 0 spiro atoms. The lowest BCUT2D eigenvalue weighted by Gasteiger charge is -2.39. The van der Waals surface area contributed by atoms with Gasteiger partial charge in [0.25, 0.3) is 0 Å². The van der Waals surface area contributed by atoms with E-state index in [1.165, 1.54) is 12.1 Å². The van der Waals surface area contributed by atoms with Gasteiger partial charge in [0.1, 0.15) is 5.82 Å². The van der Waals surface area contributed by atoms with E-state index < -0.39 is 0 Å². The highest BCUT2D eigenvalue weighted by Gasteiger charge is 2.33. The summed E-state index contributed by atoms with van der Waals surface area (Å²) in [4.78, 5) is 14.1. The number of nitrogens with two attached hydrogens (primary N) is 1. The maximum atomic E-state index is 13.5. The van der Waals surface area contributed by atoms with Gasteiger partial charge in [0.05, 0.1) is 23.8 Å². The van der Waals surface area contributed by atoms with Crippen molar-refractivity contribution in [3.8, 4) is 5.69 Å². The van der Waals surface area contributed by atoms with E-state index in [1.807, 2.05) is 42.6 Å². The standard InChI is InChI=1S/C21H21FN4O/c1-14-11-19(21(23)27)18-7-2-3-8-20(18)25(14)13-16-9-10-26(24-16)17-6-4-5-15(22)12-17/h2-10,12,14,19H,11,13H2,1H3,(H2,23,27)/t14-,19-/m0/s1. The number of carbonyl (C=O) groups is 1. The Kier molecular flexibility index (Phi) is 4.39. The number of primary amides is 1. The molecule has 4 rings (SSSR count). The largest absolute Gasteiger partial charge is 0.369 e. The minimum Gasteiger partial charge on any atom is -0.369 e. The molecule has 5 nitrogen and oxygen atoms in total. The summed E-state index contributed by atoms with van der Waals surface area (Å²) >= 11 is 0. The number of benzene rings is 2. The fourth-order valence-corrected chi connectivity index (χ4v) is 3.77. The number of amides is 1. The topological polar surface area (TPSA) is 64.2 Å². The second-order valence-corrected chi connectivity index (χ2v) is 6.96. The zero-order chi connectivity index (χ0) is 19.0. The third-order valence-corrected chi connectivity index (χ3v) is 5.12. The molecule has 27 heavy (non-hydrogen) atoms. The molecule has 0 saturated heterocycles. The smallest absolute Gasteiger partial charge is 0.225 e. The average Bonchev–Trinajstić information content (AvgIpc) is 3.12. The summed E-state index contributed by atoms with van der Waals surface area (Å²) in [5.41, 5.74) is 9.15. The normalized spacial score (nSPS) is 19.0. The number of aromatic nitrogens is 2. The van der Waals surface area contributed by atoms with Crippen LogP contribution in [0.4, 0.5) is 10.1 Å². The second kappa shape index (κ2) is 6.87. The molecule has 6 heteroatoms. The van der Waals surface area contributed by atoms with Gasteiger partial charge in [-0.05, 0) is 49.2 Å². The predicted molar refractivity (Wildman–Crippen MR) is 102 cm³/mol. The Bertz CT molecular complexity index is 984. The lowest BCUT2D eigenvalue weighted by Crippen LogP contribution is -2.41. The lowest BCUT2D eigenvalue weighted by molar-refractivity contribution is -0.119. The Morgan fingerprint density at radius 3 is 2.81 bits per heavy atom. The Balaban J connectivity index is 1.63. The highest BCUT2D eigenvalue weighted by molar-refractivity contribution is 5.85. The Morgan fingerprint density at radius 2 is 2.04 bits per heavy atom. The molecule has 2 aromatic carbocycles. The number of carbonyl (C=O) groups excluding carboxylic acids is 1. The summed E-state index contributed by atoms with van der Waals surface area (Å²) in [7, 11) is 0. The summed E-state index contributed by atoms with van der Waals surface area (Å²) in [5.74, 6) is -0.845. The van der Waals surface area contributed by atoms with E-state index in [2.05, 4.69) is 16.9 Å². The number of fused-ring (bicyclic) bond motifs is 1. The fraction of sp³-hybridized carbons (Fsp3) is 0.238. The van der Waals surface area contributed by atoms with Crippen molar-refractivity contribution < 1.29 is 9.18 Å². The molecule has 1 aliphatic rings. The van der Waals surface area contributed by atoms with Crippen LogP contribution in [-0.4, -0.2) is 21.7 Å². The highest BCUT2D eigenvalue weighted by atomic mass is 19.1. The number of para-hydroxylation sites is 1. The van der Waals surface area contributed by atoms with Crippen molar-refractivity contribution in [1.82, 2.24) is 9.78 Å². The average molecular weight is 364 g/mol. The molecular weight excluding hydrogens is 343 g/mol. The van der Waals surface area contributed by atoms with Crippen LogP contribution in [0.1, 0.15) is 30.5 Å².